The maximum Gasteiger partial charge on any atom is 0.261 e. The summed E-state index contributed by atoms with van der Waals surface area (Å²) in [6.07, 6.45) is 0. The Bertz CT molecular complexity index is 1280. The van der Waals surface area contributed by atoms with Gasteiger partial charge in [-0.25, -0.2) is 16.8 Å². The van der Waals surface area contributed by atoms with Crippen LogP contribution in [0.1, 0.15) is 5.89 Å². The first kappa shape index (κ1) is 21.4. The van der Waals surface area contributed by atoms with E-state index in [4.69, 9.17) is 9.15 Å². The summed E-state index contributed by atoms with van der Waals surface area (Å²) in [6, 6.07) is 11.7. The number of anilines is 1. The van der Waals surface area contributed by atoms with Gasteiger partial charge in [0, 0.05) is 20.0 Å². The molecule has 1 fully saturated rings. The van der Waals surface area contributed by atoms with Crippen molar-refractivity contribution in [2.75, 3.05) is 31.0 Å². The maximum absolute atomic E-state index is 12.9. The van der Waals surface area contributed by atoms with Gasteiger partial charge in [-0.05, 0) is 36.4 Å². The van der Waals surface area contributed by atoms with Gasteiger partial charge in [0.15, 0.2) is 0 Å². The summed E-state index contributed by atoms with van der Waals surface area (Å²) in [7, 11) is -7.71. The summed E-state index contributed by atoms with van der Waals surface area (Å²) in [5, 5.41) is 7.70. The van der Waals surface area contributed by atoms with Crippen molar-refractivity contribution in [1.29, 1.82) is 0 Å². The van der Waals surface area contributed by atoms with Gasteiger partial charge in [0.1, 0.15) is 0 Å². The zero-order valence-corrected chi connectivity index (χ0v) is 18.2. The first-order valence-electron chi connectivity index (χ1n) is 9.38. The molecule has 1 N–H and O–H groups in total. The smallest absolute Gasteiger partial charge is 0.261 e. The predicted octanol–water partition coefficient (Wildman–Crippen LogP) is 1.87. The molecule has 2 aromatic carbocycles. The Labute approximate surface area is 180 Å². The Morgan fingerprint density at radius 1 is 0.903 bits per heavy atom. The SMILES string of the molecule is Cc1nnc(-c2ccccc2NS(=O)(=O)c2ccc(S(=O)(=O)N3CCOCC3)cc2)o1. The predicted molar refractivity (Wildman–Crippen MR) is 111 cm³/mol. The van der Waals surface area contributed by atoms with Crippen LogP contribution in [0.25, 0.3) is 11.5 Å². The van der Waals surface area contributed by atoms with Crippen molar-refractivity contribution < 1.29 is 26.0 Å². The summed E-state index contributed by atoms with van der Waals surface area (Å²) >= 11 is 0. The second-order valence-corrected chi connectivity index (χ2v) is 10.4. The Balaban J connectivity index is 1.59. The monoisotopic (exact) mass is 464 g/mol. The van der Waals surface area contributed by atoms with E-state index in [0.29, 0.717) is 24.7 Å². The fraction of sp³-hybridized carbons (Fsp3) is 0.263. The van der Waals surface area contributed by atoms with Crippen LogP contribution in [0.15, 0.2) is 62.7 Å². The van der Waals surface area contributed by atoms with Crippen LogP contribution in [-0.4, -0.2) is 57.6 Å². The highest BCUT2D eigenvalue weighted by Crippen LogP contribution is 2.29. The summed E-state index contributed by atoms with van der Waals surface area (Å²) in [6.45, 7) is 2.81. The normalized spacial score (nSPS) is 15.6. The van der Waals surface area contributed by atoms with Gasteiger partial charge in [-0.3, -0.25) is 4.72 Å². The van der Waals surface area contributed by atoms with E-state index in [1.807, 2.05) is 0 Å². The Hall–Kier alpha value is -2.80. The molecule has 0 atom stereocenters. The van der Waals surface area contributed by atoms with Crippen molar-refractivity contribution in [3.05, 3.63) is 54.4 Å². The number of sulfonamides is 2. The molecule has 0 amide bonds. The number of ether oxygens (including phenoxy) is 1. The molecule has 0 unspecified atom stereocenters. The third kappa shape index (κ3) is 4.46. The lowest BCUT2D eigenvalue weighted by molar-refractivity contribution is 0.0730. The highest BCUT2D eigenvalue weighted by molar-refractivity contribution is 7.92. The van der Waals surface area contributed by atoms with Crippen molar-refractivity contribution in [2.24, 2.45) is 0 Å². The molecule has 10 nitrogen and oxygen atoms in total. The number of aryl methyl sites for hydroxylation is 1. The first-order valence-corrected chi connectivity index (χ1v) is 12.3. The van der Waals surface area contributed by atoms with E-state index in [2.05, 4.69) is 14.9 Å². The number of rotatable bonds is 6. The van der Waals surface area contributed by atoms with E-state index >= 15 is 0 Å². The lowest BCUT2D eigenvalue weighted by Crippen LogP contribution is -2.40. The average molecular weight is 465 g/mol. The summed E-state index contributed by atoms with van der Waals surface area (Å²) in [4.78, 5) is -0.0555. The molecule has 1 saturated heterocycles. The number of benzene rings is 2. The minimum Gasteiger partial charge on any atom is -0.421 e. The molecule has 12 heteroatoms. The fourth-order valence-corrected chi connectivity index (χ4v) is 5.58. The lowest BCUT2D eigenvalue weighted by Gasteiger charge is -2.26. The van der Waals surface area contributed by atoms with Gasteiger partial charge >= 0.3 is 0 Å². The molecule has 3 aromatic rings. The quantitative estimate of drug-likeness (QED) is 0.585. The molecule has 1 aliphatic rings. The number of aromatic nitrogens is 2. The molecular formula is C19H20N4O6S2. The van der Waals surface area contributed by atoms with Crippen LogP contribution in [0.2, 0.25) is 0 Å². The number of nitrogens with one attached hydrogen (secondary N) is 1. The molecule has 0 bridgehead atoms. The van der Waals surface area contributed by atoms with E-state index in [1.54, 1.807) is 31.2 Å². The van der Waals surface area contributed by atoms with Crippen LogP contribution in [-0.2, 0) is 24.8 Å². The highest BCUT2D eigenvalue weighted by Gasteiger charge is 2.27. The van der Waals surface area contributed by atoms with Crippen molar-refractivity contribution in [3.63, 3.8) is 0 Å². The van der Waals surface area contributed by atoms with Crippen LogP contribution in [0.4, 0.5) is 5.69 Å². The van der Waals surface area contributed by atoms with Crippen LogP contribution in [0, 0.1) is 6.92 Å². The van der Waals surface area contributed by atoms with E-state index in [0.717, 1.165) is 0 Å². The largest absolute Gasteiger partial charge is 0.421 e. The van der Waals surface area contributed by atoms with Crippen LogP contribution >= 0.6 is 0 Å². The summed E-state index contributed by atoms with van der Waals surface area (Å²) in [5.41, 5.74) is 0.689. The standard InChI is InChI=1S/C19H20N4O6S2/c1-14-20-21-19(29-14)17-4-2-3-5-18(17)22-30(24,25)15-6-8-16(9-7-15)31(26,27)23-10-12-28-13-11-23/h2-9,22H,10-13H2,1H3. The number of para-hydroxylation sites is 1. The molecule has 164 valence electrons. The van der Waals surface area contributed by atoms with E-state index in [9.17, 15) is 16.8 Å². The van der Waals surface area contributed by atoms with Crippen molar-refractivity contribution in [2.45, 2.75) is 16.7 Å². The van der Waals surface area contributed by atoms with Crippen molar-refractivity contribution >= 4 is 25.7 Å². The molecule has 31 heavy (non-hydrogen) atoms. The molecule has 1 aliphatic heterocycles. The van der Waals surface area contributed by atoms with Crippen molar-refractivity contribution in [1.82, 2.24) is 14.5 Å². The Morgan fingerprint density at radius 2 is 1.55 bits per heavy atom. The number of morpholine rings is 1. The molecular weight excluding hydrogens is 444 g/mol. The lowest BCUT2D eigenvalue weighted by atomic mass is 10.2. The van der Waals surface area contributed by atoms with Gasteiger partial charge in [-0.15, -0.1) is 10.2 Å². The molecule has 1 aromatic heterocycles. The Kier molecular flexibility index (Phi) is 5.79. The third-order valence-electron chi connectivity index (χ3n) is 4.67. The van der Waals surface area contributed by atoms with E-state index in [-0.39, 0.29) is 34.5 Å². The van der Waals surface area contributed by atoms with Crippen LogP contribution < -0.4 is 4.72 Å². The average Bonchev–Trinajstić information content (AvgIpc) is 3.20. The molecule has 4 rings (SSSR count). The van der Waals surface area contributed by atoms with E-state index in [1.165, 1.54) is 28.6 Å². The van der Waals surface area contributed by atoms with Gasteiger partial charge in [0.2, 0.25) is 21.8 Å². The minimum atomic E-state index is -3.99. The number of hydrogen-bond acceptors (Lipinski definition) is 8. The molecule has 0 spiro atoms. The van der Waals surface area contributed by atoms with Crippen LogP contribution in [0.5, 0.6) is 0 Å². The maximum atomic E-state index is 12.9. The highest BCUT2D eigenvalue weighted by atomic mass is 32.2. The van der Waals surface area contributed by atoms with Crippen LogP contribution in [0.3, 0.4) is 0 Å². The van der Waals surface area contributed by atoms with Gasteiger partial charge in [-0.1, -0.05) is 12.1 Å². The minimum absolute atomic E-state index is 0.0232. The second-order valence-electron chi connectivity index (χ2n) is 6.77. The molecule has 0 aliphatic carbocycles. The summed E-state index contributed by atoms with van der Waals surface area (Å²) in [5.74, 6) is 0.535. The van der Waals surface area contributed by atoms with Gasteiger partial charge in [0.25, 0.3) is 10.0 Å². The van der Waals surface area contributed by atoms with Gasteiger partial charge in [0.05, 0.1) is 34.3 Å². The molecule has 2 heterocycles. The van der Waals surface area contributed by atoms with E-state index < -0.39 is 20.0 Å². The molecule has 0 saturated carbocycles. The number of hydrogen-bond donors (Lipinski definition) is 1. The third-order valence-corrected chi connectivity index (χ3v) is 7.96. The Morgan fingerprint density at radius 3 is 2.19 bits per heavy atom. The molecule has 0 radical (unpaired) electrons. The zero-order chi connectivity index (χ0) is 22.1. The topological polar surface area (TPSA) is 132 Å². The fourth-order valence-electron chi connectivity index (χ4n) is 3.09. The first-order chi connectivity index (χ1) is 14.8. The van der Waals surface area contributed by atoms with Gasteiger partial charge < -0.3 is 9.15 Å². The summed E-state index contributed by atoms with van der Waals surface area (Å²) < 4.78 is 65.7. The zero-order valence-electron chi connectivity index (χ0n) is 16.6. The number of nitrogens with zero attached hydrogens (tertiary/aromatic N) is 3. The van der Waals surface area contributed by atoms with Crippen molar-refractivity contribution in [3.8, 4) is 11.5 Å². The van der Waals surface area contributed by atoms with Gasteiger partial charge in [-0.2, -0.15) is 4.31 Å². The second kappa shape index (κ2) is 8.38.